The van der Waals surface area contributed by atoms with Gasteiger partial charge in [-0.25, -0.2) is 9.78 Å². The Morgan fingerprint density at radius 1 is 1.32 bits per heavy atom. The summed E-state index contributed by atoms with van der Waals surface area (Å²) >= 11 is 7.67. The predicted molar refractivity (Wildman–Crippen MR) is 134 cm³/mol. The molecule has 2 aromatic rings. The van der Waals surface area contributed by atoms with Gasteiger partial charge in [0.05, 0.1) is 32.6 Å². The van der Waals surface area contributed by atoms with Crippen LogP contribution in [0.1, 0.15) is 57.2 Å². The fourth-order valence-corrected chi connectivity index (χ4v) is 5.19. The molecule has 0 bridgehead atoms. The van der Waals surface area contributed by atoms with Gasteiger partial charge >= 0.3 is 12.1 Å². The largest absolute Gasteiger partial charge is 0.489 e. The quantitative estimate of drug-likeness (QED) is 0.421. The first kappa shape index (κ1) is 26.3. The van der Waals surface area contributed by atoms with Gasteiger partial charge in [-0.15, -0.1) is 11.3 Å². The van der Waals surface area contributed by atoms with Crippen LogP contribution in [-0.2, 0) is 16.1 Å². The Hall–Kier alpha value is -2.32. The standard InChI is InChI=1S/C25H33ClN2O5S/c1-15(2)10-11-28(4)25(31)32-14-18-13-22(26)34-23(18)20-8-9-21(16(3)27-20)33-19-7-5-6-17(12-19)24(29)30/h8-9,13,15,17,19H,5-7,10-12,14H2,1-4H3,(H,29,30)/t17-,19-/m0/s1. The molecule has 1 fully saturated rings. The summed E-state index contributed by atoms with van der Waals surface area (Å²) in [6, 6.07) is 5.53. The van der Waals surface area contributed by atoms with E-state index in [1.807, 2.05) is 19.1 Å². The number of aryl methyl sites for hydroxylation is 1. The number of carbonyl (C=O) groups is 2. The minimum atomic E-state index is -0.757. The second kappa shape index (κ2) is 11.9. The summed E-state index contributed by atoms with van der Waals surface area (Å²) in [5.74, 6) is 0.0550. The van der Waals surface area contributed by atoms with Crippen LogP contribution in [0.3, 0.4) is 0 Å². The lowest BCUT2D eigenvalue weighted by molar-refractivity contribution is -0.143. The van der Waals surface area contributed by atoms with E-state index in [4.69, 9.17) is 26.1 Å². The zero-order valence-electron chi connectivity index (χ0n) is 20.2. The number of carboxylic acids is 1. The van der Waals surface area contributed by atoms with E-state index in [1.54, 1.807) is 18.0 Å². The van der Waals surface area contributed by atoms with E-state index in [-0.39, 0.29) is 24.7 Å². The van der Waals surface area contributed by atoms with Crippen molar-refractivity contribution in [1.29, 1.82) is 0 Å². The molecule has 2 heterocycles. The molecule has 7 nitrogen and oxygen atoms in total. The molecule has 0 aromatic carbocycles. The zero-order valence-corrected chi connectivity index (χ0v) is 21.7. The summed E-state index contributed by atoms with van der Waals surface area (Å²) in [6.07, 6.45) is 3.32. The molecule has 1 amide bonds. The molecule has 9 heteroatoms. The van der Waals surface area contributed by atoms with Gasteiger partial charge < -0.3 is 19.5 Å². The molecule has 3 rings (SSSR count). The number of rotatable bonds is 9. The van der Waals surface area contributed by atoms with Crippen molar-refractivity contribution in [1.82, 2.24) is 9.88 Å². The highest BCUT2D eigenvalue weighted by atomic mass is 35.5. The van der Waals surface area contributed by atoms with Crippen molar-refractivity contribution in [2.24, 2.45) is 11.8 Å². The third-order valence-electron chi connectivity index (χ3n) is 6.02. The van der Waals surface area contributed by atoms with Crippen LogP contribution in [0.2, 0.25) is 4.34 Å². The first-order chi connectivity index (χ1) is 16.1. The number of carbonyl (C=O) groups excluding carboxylic acids is 1. The number of aliphatic carboxylic acids is 1. The van der Waals surface area contributed by atoms with Crippen LogP contribution in [0.4, 0.5) is 4.79 Å². The number of amides is 1. The maximum atomic E-state index is 12.3. The molecular formula is C25H33ClN2O5S. The molecule has 0 aliphatic heterocycles. The first-order valence-corrected chi connectivity index (χ1v) is 12.9. The molecule has 2 aromatic heterocycles. The number of halogens is 1. The van der Waals surface area contributed by atoms with Crippen LogP contribution in [0, 0.1) is 18.8 Å². The molecule has 0 unspecified atom stereocenters. The van der Waals surface area contributed by atoms with Gasteiger partial charge in [0.2, 0.25) is 0 Å². The van der Waals surface area contributed by atoms with Gasteiger partial charge in [0, 0.05) is 19.2 Å². The summed E-state index contributed by atoms with van der Waals surface area (Å²) in [7, 11) is 1.74. The van der Waals surface area contributed by atoms with Crippen LogP contribution in [0.25, 0.3) is 10.6 Å². The monoisotopic (exact) mass is 508 g/mol. The fraction of sp³-hybridized carbons (Fsp3) is 0.560. The predicted octanol–water partition coefficient (Wildman–Crippen LogP) is 6.41. The summed E-state index contributed by atoms with van der Waals surface area (Å²) in [5.41, 5.74) is 2.25. The van der Waals surface area contributed by atoms with Crippen molar-refractivity contribution < 1.29 is 24.2 Å². The Bertz CT molecular complexity index is 1010. The summed E-state index contributed by atoms with van der Waals surface area (Å²) < 4.78 is 12.2. The topological polar surface area (TPSA) is 89.0 Å². The number of ether oxygens (including phenoxy) is 2. The van der Waals surface area contributed by atoms with Crippen molar-refractivity contribution in [3.63, 3.8) is 0 Å². The van der Waals surface area contributed by atoms with Gasteiger partial charge in [-0.3, -0.25) is 4.79 Å². The van der Waals surface area contributed by atoms with Crippen molar-refractivity contribution in [3.05, 3.63) is 33.8 Å². The van der Waals surface area contributed by atoms with Crippen LogP contribution in [-0.4, -0.2) is 46.7 Å². The number of hydrogen-bond donors (Lipinski definition) is 1. The molecule has 0 spiro atoms. The van der Waals surface area contributed by atoms with E-state index in [9.17, 15) is 14.7 Å². The molecule has 0 radical (unpaired) electrons. The first-order valence-electron chi connectivity index (χ1n) is 11.7. The highest BCUT2D eigenvalue weighted by Gasteiger charge is 2.28. The van der Waals surface area contributed by atoms with Crippen molar-refractivity contribution >= 4 is 35.0 Å². The van der Waals surface area contributed by atoms with Crippen molar-refractivity contribution in [3.8, 4) is 16.3 Å². The molecule has 0 saturated heterocycles. The maximum absolute atomic E-state index is 12.3. The van der Waals surface area contributed by atoms with Crippen molar-refractivity contribution in [2.45, 2.75) is 65.6 Å². The van der Waals surface area contributed by atoms with Gasteiger partial charge in [0.25, 0.3) is 0 Å². The normalized spacial score (nSPS) is 18.1. The molecule has 2 atom stereocenters. The molecule has 186 valence electrons. The number of nitrogens with zero attached hydrogens (tertiary/aromatic N) is 2. The maximum Gasteiger partial charge on any atom is 0.409 e. The second-order valence-electron chi connectivity index (χ2n) is 9.29. The average molecular weight is 509 g/mol. The molecule has 1 aliphatic carbocycles. The van der Waals surface area contributed by atoms with Gasteiger partial charge in [0.15, 0.2) is 0 Å². The second-order valence-corrected chi connectivity index (χ2v) is 11.0. The Balaban J connectivity index is 1.67. The number of thiophene rings is 1. The molecule has 1 N–H and O–H groups in total. The summed E-state index contributed by atoms with van der Waals surface area (Å²) in [6.45, 7) is 6.86. The Morgan fingerprint density at radius 2 is 2.09 bits per heavy atom. The molecule has 1 saturated carbocycles. The Labute approximate surface area is 210 Å². The number of carboxylic acid groups (broad SMARTS) is 1. The molecule has 34 heavy (non-hydrogen) atoms. The lowest BCUT2D eigenvalue weighted by atomic mass is 9.87. The average Bonchev–Trinajstić information content (AvgIpc) is 3.17. The molecule has 1 aliphatic rings. The number of aromatic nitrogens is 1. The lowest BCUT2D eigenvalue weighted by Gasteiger charge is -2.27. The van der Waals surface area contributed by atoms with Gasteiger partial charge in [-0.05, 0) is 63.1 Å². The highest BCUT2D eigenvalue weighted by Crippen LogP contribution is 2.37. The summed E-state index contributed by atoms with van der Waals surface area (Å²) in [4.78, 5) is 30.8. The number of pyridine rings is 1. The summed E-state index contributed by atoms with van der Waals surface area (Å²) in [5, 5.41) is 9.31. The van der Waals surface area contributed by atoms with Crippen molar-refractivity contribution in [2.75, 3.05) is 13.6 Å². The minimum Gasteiger partial charge on any atom is -0.489 e. The van der Waals surface area contributed by atoms with E-state index < -0.39 is 5.97 Å². The van der Waals surface area contributed by atoms with E-state index in [2.05, 4.69) is 13.8 Å². The van der Waals surface area contributed by atoms with E-state index in [0.29, 0.717) is 35.4 Å². The smallest absolute Gasteiger partial charge is 0.409 e. The molecular weight excluding hydrogens is 476 g/mol. The van der Waals surface area contributed by atoms with Gasteiger partial charge in [0.1, 0.15) is 12.4 Å². The number of hydrogen-bond acceptors (Lipinski definition) is 6. The van der Waals surface area contributed by atoms with E-state index >= 15 is 0 Å². The lowest BCUT2D eigenvalue weighted by Crippen LogP contribution is -2.29. The van der Waals surface area contributed by atoms with Crippen LogP contribution in [0.5, 0.6) is 5.75 Å². The van der Waals surface area contributed by atoms with Crippen LogP contribution in [0.15, 0.2) is 18.2 Å². The Kier molecular flexibility index (Phi) is 9.19. The van der Waals surface area contributed by atoms with Gasteiger partial charge in [-0.1, -0.05) is 25.4 Å². The van der Waals surface area contributed by atoms with Crippen LogP contribution >= 0.6 is 22.9 Å². The Morgan fingerprint density at radius 3 is 2.76 bits per heavy atom. The zero-order chi connectivity index (χ0) is 24.8. The minimum absolute atomic E-state index is 0.112. The van der Waals surface area contributed by atoms with Gasteiger partial charge in [-0.2, -0.15) is 0 Å². The SMILES string of the molecule is Cc1nc(-c2sc(Cl)cc2COC(=O)N(C)CCC(C)C)ccc1O[C@H]1CCC[C@H](C(=O)O)C1. The highest BCUT2D eigenvalue weighted by molar-refractivity contribution is 7.19. The third-order valence-corrected chi connectivity index (χ3v) is 7.35. The third kappa shape index (κ3) is 7.09. The fourth-order valence-electron chi connectivity index (χ4n) is 3.97. The van der Waals surface area contributed by atoms with E-state index in [0.717, 1.165) is 41.1 Å². The van der Waals surface area contributed by atoms with Crippen LogP contribution < -0.4 is 4.74 Å². The van der Waals surface area contributed by atoms with E-state index in [1.165, 1.54) is 11.3 Å².